The third kappa shape index (κ3) is 5.96. The number of aromatic nitrogens is 1. The third-order valence-corrected chi connectivity index (χ3v) is 7.57. The molecule has 2 aromatic heterocycles. The lowest BCUT2D eigenvalue weighted by Crippen LogP contribution is -2.45. The Morgan fingerprint density at radius 2 is 1.95 bits per heavy atom. The summed E-state index contributed by atoms with van der Waals surface area (Å²) in [4.78, 5) is 50.0. The van der Waals surface area contributed by atoms with Crippen LogP contribution in [0, 0.1) is 6.92 Å². The molecule has 0 aliphatic carbocycles. The van der Waals surface area contributed by atoms with Gasteiger partial charge in [0.1, 0.15) is 22.3 Å². The Balaban J connectivity index is 1.40. The first-order valence-corrected chi connectivity index (χ1v) is 13.5. The van der Waals surface area contributed by atoms with Crippen LogP contribution in [0.4, 0.5) is 10.8 Å². The summed E-state index contributed by atoms with van der Waals surface area (Å²) in [6, 6.07) is 6.82. The number of nitrogens with zero attached hydrogens (tertiary/aromatic N) is 4. The van der Waals surface area contributed by atoms with Crippen molar-refractivity contribution in [3.63, 3.8) is 0 Å². The van der Waals surface area contributed by atoms with Crippen LogP contribution in [0.3, 0.4) is 0 Å². The Morgan fingerprint density at radius 3 is 2.71 bits per heavy atom. The van der Waals surface area contributed by atoms with Gasteiger partial charge in [-0.2, -0.15) is 0 Å². The third-order valence-electron chi connectivity index (χ3n) is 6.67. The normalized spacial score (nSPS) is 18.6. The number of aromatic carboxylic acids is 1. The standard InChI is InChI=1S/C26H30N6O5S/c1-16-12-17-13-18(7-8-20(17)37-16)28-25(30-26-27-14-21(38-26)24(35)36)29-19-6-2-3-11-32(23(19)34)15-22(33)31-9-4-5-10-31/h7-8,12-14,19H,2-6,9-11,15H2,1H3,(H,35,36)(H2,27,28,29,30). The molecule has 1 unspecified atom stereocenters. The quantitative estimate of drug-likeness (QED) is 0.318. The van der Waals surface area contributed by atoms with Crippen LogP contribution >= 0.6 is 11.3 Å². The van der Waals surface area contributed by atoms with Gasteiger partial charge in [-0.05, 0) is 63.3 Å². The molecular weight excluding hydrogens is 508 g/mol. The van der Waals surface area contributed by atoms with E-state index >= 15 is 0 Å². The fourth-order valence-corrected chi connectivity index (χ4v) is 5.42. The van der Waals surface area contributed by atoms with E-state index in [1.165, 1.54) is 6.20 Å². The number of carbonyl (C=O) groups is 3. The van der Waals surface area contributed by atoms with Crippen LogP contribution in [0.2, 0.25) is 0 Å². The molecule has 0 saturated carbocycles. The molecule has 0 radical (unpaired) electrons. The maximum Gasteiger partial charge on any atom is 0.347 e. The van der Waals surface area contributed by atoms with Crippen LogP contribution in [0.1, 0.15) is 47.5 Å². The van der Waals surface area contributed by atoms with Gasteiger partial charge in [-0.3, -0.25) is 9.59 Å². The number of benzene rings is 1. The SMILES string of the molecule is Cc1cc2cc(NC(=NC3CCCCN(CC(=O)N4CCCC4)C3=O)Nc3ncc(C(=O)O)s3)ccc2o1. The van der Waals surface area contributed by atoms with Gasteiger partial charge in [0.25, 0.3) is 0 Å². The minimum absolute atomic E-state index is 0.0235. The maximum atomic E-state index is 13.5. The highest BCUT2D eigenvalue weighted by Gasteiger charge is 2.30. The lowest BCUT2D eigenvalue weighted by molar-refractivity contribution is -0.140. The molecule has 2 aliphatic heterocycles. The topological polar surface area (TPSA) is 140 Å². The number of carbonyl (C=O) groups excluding carboxylic acids is 2. The summed E-state index contributed by atoms with van der Waals surface area (Å²) < 4.78 is 5.66. The second-order valence-electron chi connectivity index (χ2n) is 9.53. The first-order valence-electron chi connectivity index (χ1n) is 12.7. The molecule has 12 heteroatoms. The Morgan fingerprint density at radius 1 is 1.16 bits per heavy atom. The number of thiazole rings is 1. The van der Waals surface area contributed by atoms with Crippen LogP contribution in [0.5, 0.6) is 0 Å². The van der Waals surface area contributed by atoms with Gasteiger partial charge in [-0.1, -0.05) is 11.3 Å². The van der Waals surface area contributed by atoms with E-state index in [1.807, 2.05) is 36.1 Å². The molecule has 2 fully saturated rings. The molecule has 1 aromatic carbocycles. The average Bonchev–Trinajstić information content (AvgIpc) is 3.63. The summed E-state index contributed by atoms with van der Waals surface area (Å²) in [6.07, 6.45) is 5.40. The van der Waals surface area contributed by atoms with Gasteiger partial charge >= 0.3 is 5.97 Å². The van der Waals surface area contributed by atoms with E-state index in [0.717, 1.165) is 66.8 Å². The van der Waals surface area contributed by atoms with Gasteiger partial charge in [0.15, 0.2) is 5.13 Å². The predicted molar refractivity (Wildman–Crippen MR) is 145 cm³/mol. The zero-order chi connectivity index (χ0) is 26.6. The zero-order valence-corrected chi connectivity index (χ0v) is 21.9. The molecule has 1 atom stereocenters. The Hall–Kier alpha value is -3.93. The minimum Gasteiger partial charge on any atom is -0.477 e. The molecule has 5 rings (SSSR count). The summed E-state index contributed by atoms with van der Waals surface area (Å²) in [5.74, 6) is -0.227. The van der Waals surface area contributed by atoms with Crippen molar-refractivity contribution in [1.29, 1.82) is 0 Å². The molecule has 3 N–H and O–H groups in total. The smallest absolute Gasteiger partial charge is 0.347 e. The van der Waals surface area contributed by atoms with E-state index in [-0.39, 0.29) is 29.2 Å². The van der Waals surface area contributed by atoms with E-state index < -0.39 is 12.0 Å². The van der Waals surface area contributed by atoms with Gasteiger partial charge < -0.3 is 30.0 Å². The number of carboxylic acids is 1. The highest BCUT2D eigenvalue weighted by atomic mass is 32.1. The molecule has 2 aliphatic rings. The Labute approximate surface area is 223 Å². The Bertz CT molecular complexity index is 1380. The highest BCUT2D eigenvalue weighted by Crippen LogP contribution is 2.24. The predicted octanol–water partition coefficient (Wildman–Crippen LogP) is 3.78. The van der Waals surface area contributed by atoms with Crippen molar-refractivity contribution in [3.05, 3.63) is 41.1 Å². The number of guanidine groups is 1. The van der Waals surface area contributed by atoms with Crippen molar-refractivity contribution in [1.82, 2.24) is 14.8 Å². The van der Waals surface area contributed by atoms with Crippen LogP contribution < -0.4 is 10.6 Å². The lowest BCUT2D eigenvalue weighted by atomic mass is 10.1. The number of fused-ring (bicyclic) bond motifs is 1. The zero-order valence-electron chi connectivity index (χ0n) is 21.1. The first kappa shape index (κ1) is 25.7. The Kier molecular flexibility index (Phi) is 7.59. The second-order valence-corrected chi connectivity index (χ2v) is 10.6. The van der Waals surface area contributed by atoms with Crippen LogP contribution in [0.15, 0.2) is 39.9 Å². The molecule has 11 nitrogen and oxygen atoms in total. The maximum absolute atomic E-state index is 13.5. The fourth-order valence-electron chi connectivity index (χ4n) is 4.77. The van der Waals surface area contributed by atoms with Crippen molar-refractivity contribution in [2.24, 2.45) is 4.99 Å². The molecule has 2 saturated heterocycles. The number of amides is 2. The van der Waals surface area contributed by atoms with E-state index in [0.29, 0.717) is 23.8 Å². The van der Waals surface area contributed by atoms with Crippen molar-refractivity contribution in [3.8, 4) is 0 Å². The number of furan rings is 1. The number of rotatable bonds is 6. The number of likely N-dealkylation sites (tertiary alicyclic amines) is 2. The van der Waals surface area contributed by atoms with Crippen LogP contribution in [-0.2, 0) is 9.59 Å². The number of hydrogen-bond acceptors (Lipinski definition) is 7. The van der Waals surface area contributed by atoms with Crippen LogP contribution in [0.25, 0.3) is 11.0 Å². The number of anilines is 2. The lowest BCUT2D eigenvalue weighted by Gasteiger charge is -2.25. The summed E-state index contributed by atoms with van der Waals surface area (Å²) in [7, 11) is 0. The summed E-state index contributed by atoms with van der Waals surface area (Å²) in [5, 5.41) is 16.8. The van der Waals surface area contributed by atoms with Crippen LogP contribution in [-0.4, -0.2) is 75.9 Å². The van der Waals surface area contributed by atoms with Crippen molar-refractivity contribution >= 4 is 56.9 Å². The molecule has 4 heterocycles. The molecule has 2 amide bonds. The van der Waals surface area contributed by atoms with E-state index in [1.54, 1.807) is 4.90 Å². The van der Waals surface area contributed by atoms with Crippen molar-refractivity contribution in [2.75, 3.05) is 36.8 Å². The molecule has 38 heavy (non-hydrogen) atoms. The number of nitrogens with one attached hydrogen (secondary N) is 2. The van der Waals surface area contributed by atoms with E-state index in [4.69, 9.17) is 9.41 Å². The first-order chi connectivity index (χ1) is 18.4. The second kappa shape index (κ2) is 11.2. The number of aryl methyl sites for hydroxylation is 1. The minimum atomic E-state index is -1.07. The average molecular weight is 539 g/mol. The summed E-state index contributed by atoms with van der Waals surface area (Å²) in [5.41, 5.74) is 1.46. The number of aliphatic imine (C=N–C) groups is 1. The molecule has 200 valence electrons. The van der Waals surface area contributed by atoms with E-state index in [2.05, 4.69) is 15.6 Å². The van der Waals surface area contributed by atoms with Gasteiger partial charge in [0.05, 0.1) is 12.7 Å². The van der Waals surface area contributed by atoms with Gasteiger partial charge in [0.2, 0.25) is 17.8 Å². The van der Waals surface area contributed by atoms with Crippen molar-refractivity contribution < 1.29 is 23.9 Å². The van der Waals surface area contributed by atoms with Gasteiger partial charge in [-0.25, -0.2) is 14.8 Å². The molecular formula is C26H30N6O5S. The molecule has 3 aromatic rings. The van der Waals surface area contributed by atoms with Crippen molar-refractivity contribution in [2.45, 2.75) is 45.1 Å². The number of hydrogen-bond donors (Lipinski definition) is 3. The largest absolute Gasteiger partial charge is 0.477 e. The van der Waals surface area contributed by atoms with E-state index in [9.17, 15) is 19.5 Å². The highest BCUT2D eigenvalue weighted by molar-refractivity contribution is 7.17. The summed E-state index contributed by atoms with van der Waals surface area (Å²) in [6.45, 7) is 3.94. The summed E-state index contributed by atoms with van der Waals surface area (Å²) >= 11 is 0.973. The number of carboxylic acid groups (broad SMARTS) is 1. The molecule has 0 bridgehead atoms. The van der Waals surface area contributed by atoms with Gasteiger partial charge in [0, 0.05) is 30.7 Å². The van der Waals surface area contributed by atoms with Gasteiger partial charge in [-0.15, -0.1) is 0 Å². The monoisotopic (exact) mass is 538 g/mol. The molecule has 0 spiro atoms. The fraction of sp³-hybridized carbons (Fsp3) is 0.423.